The van der Waals surface area contributed by atoms with E-state index in [2.05, 4.69) is 20.9 Å². The van der Waals surface area contributed by atoms with Gasteiger partial charge in [0.05, 0.1) is 11.1 Å². The lowest BCUT2D eigenvalue weighted by Crippen LogP contribution is -2.43. The zero-order valence-electron chi connectivity index (χ0n) is 18.4. The Hall–Kier alpha value is -3.62. The summed E-state index contributed by atoms with van der Waals surface area (Å²) in [4.78, 5) is 40.0. The SMILES string of the molecule is C[CH]OC(=O)NCC(CC)NC(=O)c1c(C)[nH]c(/C=C2\C(=O)Nc3ccc(F)cc32)c1C. The molecule has 9 heteroatoms. The lowest BCUT2D eigenvalue weighted by Gasteiger charge is -2.17. The van der Waals surface area contributed by atoms with Gasteiger partial charge < -0.3 is 25.7 Å². The number of carbonyl (C=O) groups excluding carboxylic acids is 3. The normalized spacial score (nSPS) is 14.7. The Morgan fingerprint density at radius 2 is 2.03 bits per heavy atom. The summed E-state index contributed by atoms with van der Waals surface area (Å²) in [6.45, 7) is 8.52. The van der Waals surface area contributed by atoms with Gasteiger partial charge in [0.15, 0.2) is 0 Å². The van der Waals surface area contributed by atoms with E-state index in [0.29, 0.717) is 45.8 Å². The summed E-state index contributed by atoms with van der Waals surface area (Å²) in [6.07, 6.45) is 1.63. The number of aromatic amines is 1. The van der Waals surface area contributed by atoms with Crippen molar-refractivity contribution in [3.63, 3.8) is 0 Å². The molecular formula is C23H26FN4O4. The molecule has 1 aliphatic heterocycles. The number of amides is 3. The first kappa shape index (κ1) is 23.1. The molecule has 8 nitrogen and oxygen atoms in total. The van der Waals surface area contributed by atoms with E-state index in [1.807, 2.05) is 6.92 Å². The number of benzene rings is 1. The fraction of sp³-hybridized carbons (Fsp3) is 0.304. The van der Waals surface area contributed by atoms with Crippen molar-refractivity contribution in [2.45, 2.75) is 40.2 Å². The number of carbonyl (C=O) groups is 3. The Bertz CT molecular complexity index is 1090. The fourth-order valence-corrected chi connectivity index (χ4v) is 3.62. The number of halogens is 1. The Morgan fingerprint density at radius 3 is 2.72 bits per heavy atom. The Balaban J connectivity index is 1.81. The highest BCUT2D eigenvalue weighted by Gasteiger charge is 2.26. The molecule has 0 saturated heterocycles. The van der Waals surface area contributed by atoms with Gasteiger partial charge in [-0.25, -0.2) is 9.18 Å². The van der Waals surface area contributed by atoms with Crippen molar-refractivity contribution < 1.29 is 23.5 Å². The summed E-state index contributed by atoms with van der Waals surface area (Å²) in [5, 5.41) is 8.22. The summed E-state index contributed by atoms with van der Waals surface area (Å²) >= 11 is 0. The number of aryl methyl sites for hydroxylation is 1. The topological polar surface area (TPSA) is 112 Å². The third-order valence-corrected chi connectivity index (χ3v) is 5.30. The maximum Gasteiger partial charge on any atom is 0.407 e. The van der Waals surface area contributed by atoms with Crippen LogP contribution in [0.4, 0.5) is 14.9 Å². The van der Waals surface area contributed by atoms with E-state index in [-0.39, 0.29) is 24.4 Å². The van der Waals surface area contributed by atoms with Crippen LogP contribution in [0.2, 0.25) is 0 Å². The van der Waals surface area contributed by atoms with Gasteiger partial charge in [-0.3, -0.25) is 9.59 Å². The van der Waals surface area contributed by atoms with Crippen LogP contribution in [0.3, 0.4) is 0 Å². The predicted molar refractivity (Wildman–Crippen MR) is 119 cm³/mol. The second-order valence-corrected chi connectivity index (χ2v) is 7.47. The minimum Gasteiger partial charge on any atom is -0.443 e. The average Bonchev–Trinajstić information content (AvgIpc) is 3.20. The molecule has 1 radical (unpaired) electrons. The second kappa shape index (κ2) is 9.67. The zero-order valence-corrected chi connectivity index (χ0v) is 18.4. The first-order valence-electron chi connectivity index (χ1n) is 10.3. The summed E-state index contributed by atoms with van der Waals surface area (Å²) < 4.78 is 18.4. The third-order valence-electron chi connectivity index (χ3n) is 5.30. The van der Waals surface area contributed by atoms with Crippen LogP contribution in [0.1, 0.15) is 53.1 Å². The smallest absolute Gasteiger partial charge is 0.407 e. The van der Waals surface area contributed by atoms with Crippen LogP contribution in [0.15, 0.2) is 18.2 Å². The van der Waals surface area contributed by atoms with Gasteiger partial charge >= 0.3 is 6.09 Å². The minimum atomic E-state index is -0.588. The molecule has 3 amide bonds. The van der Waals surface area contributed by atoms with Gasteiger partial charge in [0.2, 0.25) is 0 Å². The lowest BCUT2D eigenvalue weighted by molar-refractivity contribution is -0.110. The highest BCUT2D eigenvalue weighted by atomic mass is 19.1. The van der Waals surface area contributed by atoms with E-state index in [1.165, 1.54) is 24.8 Å². The first-order chi connectivity index (χ1) is 15.2. The van der Waals surface area contributed by atoms with E-state index < -0.39 is 11.9 Å². The predicted octanol–water partition coefficient (Wildman–Crippen LogP) is 3.68. The second-order valence-electron chi connectivity index (χ2n) is 7.47. The Kier molecular flexibility index (Phi) is 6.97. The fourth-order valence-electron chi connectivity index (χ4n) is 3.62. The van der Waals surface area contributed by atoms with E-state index in [4.69, 9.17) is 4.74 Å². The third kappa shape index (κ3) is 4.82. The first-order valence-corrected chi connectivity index (χ1v) is 10.3. The van der Waals surface area contributed by atoms with Crippen molar-refractivity contribution >= 4 is 35.2 Å². The molecule has 1 aliphatic rings. The van der Waals surface area contributed by atoms with Crippen molar-refractivity contribution in [3.8, 4) is 0 Å². The van der Waals surface area contributed by atoms with Crippen LogP contribution in [0.25, 0.3) is 11.6 Å². The minimum absolute atomic E-state index is 0.219. The summed E-state index contributed by atoms with van der Waals surface area (Å²) in [5.41, 5.74) is 3.67. The van der Waals surface area contributed by atoms with Gasteiger partial charge in [-0.1, -0.05) is 6.92 Å². The van der Waals surface area contributed by atoms with Crippen molar-refractivity contribution in [2.24, 2.45) is 0 Å². The number of alkyl carbamates (subject to hydrolysis) is 1. The molecule has 3 rings (SSSR count). The lowest BCUT2D eigenvalue weighted by atomic mass is 10.0. The number of rotatable bonds is 7. The molecule has 32 heavy (non-hydrogen) atoms. The van der Waals surface area contributed by atoms with Crippen LogP contribution in [-0.2, 0) is 9.53 Å². The van der Waals surface area contributed by atoms with E-state index in [1.54, 1.807) is 26.8 Å². The van der Waals surface area contributed by atoms with E-state index in [9.17, 15) is 18.8 Å². The highest BCUT2D eigenvalue weighted by Crippen LogP contribution is 2.34. The van der Waals surface area contributed by atoms with E-state index in [0.717, 1.165) is 0 Å². The molecule has 1 aromatic carbocycles. The zero-order chi connectivity index (χ0) is 23.4. The van der Waals surface area contributed by atoms with Crippen molar-refractivity contribution in [3.05, 3.63) is 58.7 Å². The largest absolute Gasteiger partial charge is 0.443 e. The van der Waals surface area contributed by atoms with Gasteiger partial charge in [-0.05, 0) is 57.0 Å². The maximum absolute atomic E-state index is 13.7. The molecule has 0 bridgehead atoms. The van der Waals surface area contributed by atoms with Gasteiger partial charge in [0.1, 0.15) is 12.4 Å². The molecule has 1 unspecified atom stereocenters. The molecular weight excluding hydrogens is 415 g/mol. The number of ether oxygens (including phenoxy) is 1. The molecule has 0 aliphatic carbocycles. The summed E-state index contributed by atoms with van der Waals surface area (Å²) in [6, 6.07) is 3.81. The van der Waals surface area contributed by atoms with Crippen molar-refractivity contribution in [1.82, 2.24) is 15.6 Å². The number of hydrogen-bond acceptors (Lipinski definition) is 4. The Labute approximate surface area is 185 Å². The molecule has 4 N–H and O–H groups in total. The quantitative estimate of drug-likeness (QED) is 0.491. The molecule has 0 spiro atoms. The van der Waals surface area contributed by atoms with Crippen molar-refractivity contribution in [1.29, 1.82) is 0 Å². The maximum atomic E-state index is 13.7. The number of anilines is 1. The summed E-state index contributed by atoms with van der Waals surface area (Å²) in [5.74, 6) is -1.07. The molecule has 1 atom stereocenters. The molecule has 2 aromatic rings. The summed E-state index contributed by atoms with van der Waals surface area (Å²) in [7, 11) is 0. The highest BCUT2D eigenvalue weighted by molar-refractivity contribution is 6.34. The Morgan fingerprint density at radius 1 is 1.28 bits per heavy atom. The van der Waals surface area contributed by atoms with Gasteiger partial charge in [-0.2, -0.15) is 0 Å². The number of fused-ring (bicyclic) bond motifs is 1. The molecule has 2 heterocycles. The van der Waals surface area contributed by atoms with Crippen LogP contribution >= 0.6 is 0 Å². The van der Waals surface area contributed by atoms with E-state index >= 15 is 0 Å². The van der Waals surface area contributed by atoms with Crippen LogP contribution < -0.4 is 16.0 Å². The number of hydrogen-bond donors (Lipinski definition) is 4. The van der Waals surface area contributed by atoms with Crippen LogP contribution in [-0.4, -0.2) is 35.5 Å². The van der Waals surface area contributed by atoms with Gasteiger partial charge in [0, 0.05) is 35.2 Å². The van der Waals surface area contributed by atoms with Crippen LogP contribution in [0.5, 0.6) is 0 Å². The average molecular weight is 441 g/mol. The number of aromatic nitrogens is 1. The molecule has 0 saturated carbocycles. The van der Waals surface area contributed by atoms with Gasteiger partial charge in [-0.15, -0.1) is 0 Å². The number of H-pyrrole nitrogens is 1. The number of nitrogens with one attached hydrogen (secondary N) is 4. The van der Waals surface area contributed by atoms with Crippen molar-refractivity contribution in [2.75, 3.05) is 11.9 Å². The molecule has 0 fully saturated rings. The standard InChI is InChI=1S/C23H26FN4O4/c1-5-15(11-25-23(31)32-6-2)27-22(30)20-12(3)19(26-13(20)4)10-17-16-9-14(24)7-8-18(16)28-21(17)29/h6-10,15,26H,5,11H2,1-4H3,(H,25,31)(H,27,30)(H,28,29)/b17-10-. The van der Waals surface area contributed by atoms with Gasteiger partial charge in [0.25, 0.3) is 11.8 Å². The monoisotopic (exact) mass is 441 g/mol. The molecule has 1 aromatic heterocycles. The molecule has 169 valence electrons. The van der Waals surface area contributed by atoms with Crippen LogP contribution in [0, 0.1) is 26.3 Å².